The van der Waals surface area contributed by atoms with Crippen LogP contribution in [-0.2, 0) is 4.79 Å². The van der Waals surface area contributed by atoms with E-state index in [9.17, 15) is 4.79 Å². The van der Waals surface area contributed by atoms with E-state index in [1.54, 1.807) is 18.3 Å². The molecule has 0 radical (unpaired) electrons. The van der Waals surface area contributed by atoms with Crippen molar-refractivity contribution >= 4 is 23.2 Å². The molecule has 19 heavy (non-hydrogen) atoms. The molecule has 0 saturated carbocycles. The maximum atomic E-state index is 11.7. The lowest BCUT2D eigenvalue weighted by Gasteiger charge is -2.06. The smallest absolute Gasteiger partial charge is 0.224 e. The first kappa shape index (κ1) is 16.0. The highest BCUT2D eigenvalue weighted by Gasteiger charge is 2.05. The molecule has 3 nitrogen and oxygen atoms in total. The quantitative estimate of drug-likeness (QED) is 0.521. The van der Waals surface area contributed by atoms with E-state index in [1.165, 1.54) is 32.1 Å². The molecule has 0 aromatic carbocycles. The van der Waals surface area contributed by atoms with Crippen molar-refractivity contribution < 1.29 is 4.79 Å². The van der Waals surface area contributed by atoms with Crippen LogP contribution in [0.5, 0.6) is 0 Å². The molecule has 0 bridgehead atoms. The van der Waals surface area contributed by atoms with Crippen LogP contribution < -0.4 is 5.32 Å². The highest BCUT2D eigenvalue weighted by atomic mass is 35.5. The van der Waals surface area contributed by atoms with Crippen LogP contribution in [0.1, 0.15) is 58.3 Å². The molecule has 1 aromatic heterocycles. The fraction of sp³-hybridized carbons (Fsp3) is 0.600. The Kier molecular flexibility index (Phi) is 8.23. The van der Waals surface area contributed by atoms with Crippen molar-refractivity contribution in [3.63, 3.8) is 0 Å². The maximum Gasteiger partial charge on any atom is 0.224 e. The monoisotopic (exact) mass is 282 g/mol. The number of anilines is 1. The van der Waals surface area contributed by atoms with Crippen LogP contribution in [0.3, 0.4) is 0 Å². The zero-order valence-corrected chi connectivity index (χ0v) is 12.4. The van der Waals surface area contributed by atoms with Gasteiger partial charge in [-0.25, -0.2) is 4.98 Å². The molecule has 1 N–H and O–H groups in total. The molecule has 0 atom stereocenters. The van der Waals surface area contributed by atoms with Crippen LogP contribution in [0.2, 0.25) is 5.15 Å². The number of hydrogen-bond acceptors (Lipinski definition) is 2. The van der Waals surface area contributed by atoms with Crippen molar-refractivity contribution in [3.8, 4) is 0 Å². The Morgan fingerprint density at radius 3 is 2.58 bits per heavy atom. The first-order valence-corrected chi connectivity index (χ1v) is 7.52. The molecule has 1 amide bonds. The number of carbonyl (C=O) groups is 1. The first-order chi connectivity index (χ1) is 9.24. The second-order valence-electron chi connectivity index (χ2n) is 4.76. The Balaban J connectivity index is 2.10. The summed E-state index contributed by atoms with van der Waals surface area (Å²) in [5.41, 5.74) is 0.595. The number of carbonyl (C=O) groups excluding carboxylic acids is 1. The predicted octanol–water partition coefficient (Wildman–Crippen LogP) is 4.81. The Morgan fingerprint density at radius 1 is 1.21 bits per heavy atom. The Hall–Kier alpha value is -1.09. The minimum Gasteiger partial charge on any atom is -0.323 e. The highest BCUT2D eigenvalue weighted by Crippen LogP contribution is 2.18. The molecule has 0 aliphatic rings. The van der Waals surface area contributed by atoms with Gasteiger partial charge in [-0.3, -0.25) is 4.79 Å². The van der Waals surface area contributed by atoms with Gasteiger partial charge in [0.15, 0.2) is 5.15 Å². The molecular weight excluding hydrogens is 260 g/mol. The number of nitrogens with zero attached hydrogens (tertiary/aromatic N) is 1. The van der Waals surface area contributed by atoms with Crippen molar-refractivity contribution in [1.82, 2.24) is 4.98 Å². The Morgan fingerprint density at radius 2 is 1.89 bits per heavy atom. The lowest BCUT2D eigenvalue weighted by Crippen LogP contribution is -2.11. The number of hydrogen-bond donors (Lipinski definition) is 1. The average molecular weight is 283 g/mol. The van der Waals surface area contributed by atoms with Gasteiger partial charge in [0.25, 0.3) is 0 Å². The summed E-state index contributed by atoms with van der Waals surface area (Å²) in [5.74, 6) is 0.0171. The standard InChI is InChI=1S/C15H23ClN2O/c1-2-3-4-5-6-7-8-11-14(19)18-13-10-9-12-17-15(13)16/h9-10,12H,2-8,11H2,1H3,(H,18,19). The summed E-state index contributed by atoms with van der Waals surface area (Å²) < 4.78 is 0. The third-order valence-electron chi connectivity index (χ3n) is 3.04. The molecule has 1 aromatic rings. The molecule has 0 spiro atoms. The molecule has 4 heteroatoms. The van der Waals surface area contributed by atoms with Gasteiger partial charge >= 0.3 is 0 Å². The second-order valence-corrected chi connectivity index (χ2v) is 5.12. The third-order valence-corrected chi connectivity index (χ3v) is 3.34. The van der Waals surface area contributed by atoms with Crippen LogP contribution in [0.25, 0.3) is 0 Å². The van der Waals surface area contributed by atoms with Gasteiger partial charge in [0.2, 0.25) is 5.91 Å². The molecular formula is C15H23ClN2O. The summed E-state index contributed by atoms with van der Waals surface area (Å²) in [7, 11) is 0. The van der Waals surface area contributed by atoms with E-state index in [4.69, 9.17) is 11.6 Å². The lowest BCUT2D eigenvalue weighted by atomic mass is 10.1. The van der Waals surface area contributed by atoms with Gasteiger partial charge in [-0.2, -0.15) is 0 Å². The van der Waals surface area contributed by atoms with Crippen molar-refractivity contribution in [2.45, 2.75) is 58.3 Å². The Bertz CT molecular complexity index is 382. The van der Waals surface area contributed by atoms with E-state index in [0.29, 0.717) is 17.3 Å². The van der Waals surface area contributed by atoms with Gasteiger partial charge < -0.3 is 5.32 Å². The van der Waals surface area contributed by atoms with E-state index in [2.05, 4.69) is 17.2 Å². The maximum absolute atomic E-state index is 11.7. The summed E-state index contributed by atoms with van der Waals surface area (Å²) in [4.78, 5) is 15.6. The van der Waals surface area contributed by atoms with Gasteiger partial charge in [-0.05, 0) is 18.6 Å². The minimum atomic E-state index is 0.0171. The second kappa shape index (κ2) is 9.79. The van der Waals surface area contributed by atoms with E-state index in [1.807, 2.05) is 0 Å². The summed E-state index contributed by atoms with van der Waals surface area (Å²) >= 11 is 5.87. The summed E-state index contributed by atoms with van der Waals surface area (Å²) in [6, 6.07) is 3.52. The zero-order valence-electron chi connectivity index (χ0n) is 11.6. The number of rotatable bonds is 9. The normalized spacial score (nSPS) is 10.4. The zero-order chi connectivity index (χ0) is 13.9. The number of pyridine rings is 1. The van der Waals surface area contributed by atoms with Crippen molar-refractivity contribution in [3.05, 3.63) is 23.5 Å². The summed E-state index contributed by atoms with van der Waals surface area (Å²) in [6.45, 7) is 2.22. The minimum absolute atomic E-state index is 0.0171. The number of halogens is 1. The van der Waals surface area contributed by atoms with Gasteiger partial charge in [-0.1, -0.05) is 57.0 Å². The number of aromatic nitrogens is 1. The van der Waals surface area contributed by atoms with E-state index in [-0.39, 0.29) is 5.91 Å². The number of unbranched alkanes of at least 4 members (excludes halogenated alkanes) is 6. The average Bonchev–Trinajstić information content (AvgIpc) is 2.40. The SMILES string of the molecule is CCCCCCCCCC(=O)Nc1cccnc1Cl. The van der Waals surface area contributed by atoms with E-state index in [0.717, 1.165) is 12.8 Å². The van der Waals surface area contributed by atoms with Crippen molar-refractivity contribution in [1.29, 1.82) is 0 Å². The fourth-order valence-corrected chi connectivity index (χ4v) is 2.10. The lowest BCUT2D eigenvalue weighted by molar-refractivity contribution is -0.116. The summed E-state index contributed by atoms with van der Waals surface area (Å²) in [6.07, 6.45) is 10.6. The topological polar surface area (TPSA) is 42.0 Å². The Labute approximate surface area is 120 Å². The van der Waals surface area contributed by atoms with Crippen LogP contribution in [0.4, 0.5) is 5.69 Å². The van der Waals surface area contributed by atoms with E-state index >= 15 is 0 Å². The molecule has 106 valence electrons. The molecule has 0 fully saturated rings. The van der Waals surface area contributed by atoms with Crippen molar-refractivity contribution in [2.75, 3.05) is 5.32 Å². The molecule has 1 heterocycles. The molecule has 0 aliphatic heterocycles. The van der Waals surface area contributed by atoms with Gasteiger partial charge in [0, 0.05) is 12.6 Å². The first-order valence-electron chi connectivity index (χ1n) is 7.14. The van der Waals surface area contributed by atoms with Crippen LogP contribution in [-0.4, -0.2) is 10.9 Å². The third kappa shape index (κ3) is 7.16. The fourth-order valence-electron chi connectivity index (χ4n) is 1.93. The molecule has 0 saturated heterocycles. The largest absolute Gasteiger partial charge is 0.323 e. The molecule has 0 unspecified atom stereocenters. The predicted molar refractivity (Wildman–Crippen MR) is 80.5 cm³/mol. The van der Waals surface area contributed by atoms with Gasteiger partial charge in [0.05, 0.1) is 5.69 Å². The van der Waals surface area contributed by atoms with Crippen LogP contribution >= 0.6 is 11.6 Å². The van der Waals surface area contributed by atoms with Crippen LogP contribution in [0.15, 0.2) is 18.3 Å². The van der Waals surface area contributed by atoms with Crippen molar-refractivity contribution in [2.24, 2.45) is 0 Å². The molecule has 1 rings (SSSR count). The number of nitrogens with one attached hydrogen (secondary N) is 1. The number of amides is 1. The van der Waals surface area contributed by atoms with Gasteiger partial charge in [-0.15, -0.1) is 0 Å². The summed E-state index contributed by atoms with van der Waals surface area (Å²) in [5, 5.41) is 3.13. The van der Waals surface area contributed by atoms with E-state index < -0.39 is 0 Å². The molecule has 0 aliphatic carbocycles. The highest BCUT2D eigenvalue weighted by molar-refractivity contribution is 6.32. The van der Waals surface area contributed by atoms with Crippen LogP contribution in [0, 0.1) is 0 Å². The van der Waals surface area contributed by atoms with Gasteiger partial charge in [0.1, 0.15) is 0 Å².